The second kappa shape index (κ2) is 68.1. The zero-order valence-electron chi connectivity index (χ0n) is 58.6. The van der Waals surface area contributed by atoms with Crippen molar-refractivity contribution in [2.24, 2.45) is 0 Å². The van der Waals surface area contributed by atoms with E-state index in [1.54, 1.807) is 6.08 Å². The number of unbranched alkanes of at least 4 members (excludes halogenated alkanes) is 55. The van der Waals surface area contributed by atoms with E-state index in [4.69, 9.17) is 9.05 Å². The number of hydrogen-bond acceptors (Lipinski definition) is 5. The molecule has 510 valence electrons. The van der Waals surface area contributed by atoms with Crippen LogP contribution in [0.25, 0.3) is 0 Å². The fourth-order valence-electron chi connectivity index (χ4n) is 11.9. The monoisotopic (exact) mass is 1230 g/mol. The average molecular weight is 1230 g/mol. The molecule has 3 unspecified atom stereocenters. The third kappa shape index (κ3) is 70.2. The van der Waals surface area contributed by atoms with Gasteiger partial charge in [0.15, 0.2) is 0 Å². The van der Waals surface area contributed by atoms with E-state index >= 15 is 0 Å². The van der Waals surface area contributed by atoms with Gasteiger partial charge in [0.2, 0.25) is 5.91 Å². The molecule has 0 bridgehead atoms. The van der Waals surface area contributed by atoms with E-state index in [2.05, 4.69) is 43.5 Å². The quantitative estimate of drug-likeness (QED) is 0.0243. The highest BCUT2D eigenvalue weighted by Gasteiger charge is 2.28. The second-order valence-corrected chi connectivity index (χ2v) is 29.2. The van der Waals surface area contributed by atoms with E-state index in [0.717, 1.165) is 44.9 Å². The third-order valence-corrected chi connectivity index (χ3v) is 18.8. The first kappa shape index (κ1) is 84.7. The summed E-state index contributed by atoms with van der Waals surface area (Å²) in [5.74, 6) is -0.182. The summed E-state index contributed by atoms with van der Waals surface area (Å²) >= 11 is 0. The molecule has 0 saturated carbocycles. The first-order valence-electron chi connectivity index (χ1n) is 38.4. The molecule has 0 aromatic carbocycles. The maximum Gasteiger partial charge on any atom is 0.472 e. The topological polar surface area (TPSA) is 105 Å². The molecule has 0 rings (SSSR count). The van der Waals surface area contributed by atoms with Crippen LogP contribution >= 0.6 is 7.82 Å². The maximum absolute atomic E-state index is 13.1. The van der Waals surface area contributed by atoms with Crippen LogP contribution in [-0.4, -0.2) is 73.4 Å². The number of nitrogens with one attached hydrogen (secondary N) is 1. The van der Waals surface area contributed by atoms with Gasteiger partial charge < -0.3 is 19.8 Å². The average Bonchev–Trinajstić information content (AvgIpc) is 3.70. The van der Waals surface area contributed by atoms with Gasteiger partial charge in [0.05, 0.1) is 39.9 Å². The lowest BCUT2D eigenvalue weighted by atomic mass is 10.0. The van der Waals surface area contributed by atoms with Gasteiger partial charge in [-0.3, -0.25) is 13.8 Å². The Balaban J connectivity index is 3.98. The van der Waals surface area contributed by atoms with Crippen LogP contribution in [0.4, 0.5) is 0 Å². The number of carbonyl (C=O) groups is 1. The summed E-state index contributed by atoms with van der Waals surface area (Å²) in [4.78, 5) is 23.4. The van der Waals surface area contributed by atoms with Crippen LogP contribution < -0.4 is 5.32 Å². The molecule has 0 radical (unpaired) electrons. The minimum Gasteiger partial charge on any atom is -0.387 e. The van der Waals surface area contributed by atoms with Crippen molar-refractivity contribution in [2.45, 2.75) is 411 Å². The largest absolute Gasteiger partial charge is 0.472 e. The van der Waals surface area contributed by atoms with Crippen molar-refractivity contribution in [3.63, 3.8) is 0 Å². The molecule has 8 nitrogen and oxygen atoms in total. The van der Waals surface area contributed by atoms with Crippen LogP contribution in [0.5, 0.6) is 0 Å². The van der Waals surface area contributed by atoms with E-state index in [1.165, 1.54) is 334 Å². The summed E-state index contributed by atoms with van der Waals surface area (Å²) in [6, 6.07) is -0.870. The fraction of sp³-hybridized carbons (Fsp3) is 0.909. The molecule has 0 saturated heterocycles. The van der Waals surface area contributed by atoms with E-state index in [1.807, 2.05) is 27.2 Å². The standard InChI is InChI=1S/C77H151N2O6P/c1-6-8-10-12-14-16-18-20-22-24-26-28-30-32-34-35-36-37-38-39-40-41-42-43-44-45-47-49-51-53-55-57-59-61-63-65-67-69-71-77(81)78-75(74-85-86(82,83)84-73-72-79(3,4)5)76(80)70-68-66-64-62-60-58-56-54-52-50-48-46-33-31-29-27-25-23-21-19-17-15-13-11-9-7-2/h52,54,60,62,68,70,75-76,80H,6-51,53,55-59,61,63-67,69,71-74H2,1-5H3,(H-,78,81,82,83)/p+1/b54-52+,62-60+,70-68+. The van der Waals surface area contributed by atoms with Gasteiger partial charge in [-0.2, -0.15) is 0 Å². The van der Waals surface area contributed by atoms with Gasteiger partial charge >= 0.3 is 7.82 Å². The summed E-state index contributed by atoms with van der Waals surface area (Å²) in [7, 11) is 1.56. The normalized spacial score (nSPS) is 13.7. The van der Waals surface area contributed by atoms with E-state index in [0.29, 0.717) is 17.4 Å². The zero-order valence-corrected chi connectivity index (χ0v) is 59.5. The molecule has 3 atom stereocenters. The van der Waals surface area contributed by atoms with Gasteiger partial charge in [-0.1, -0.05) is 384 Å². The molecule has 0 fully saturated rings. The Morgan fingerprint density at radius 1 is 0.384 bits per heavy atom. The lowest BCUT2D eigenvalue weighted by Gasteiger charge is -2.25. The van der Waals surface area contributed by atoms with Crippen molar-refractivity contribution in [2.75, 3.05) is 40.9 Å². The molecule has 3 N–H and O–H groups in total. The molecule has 9 heteroatoms. The number of likely N-dealkylation sites (N-methyl/N-ethyl adjacent to an activating group) is 1. The number of phosphoric acid groups is 1. The Kier molecular flexibility index (Phi) is 67.1. The molecule has 1 amide bonds. The number of aliphatic hydroxyl groups is 1. The zero-order chi connectivity index (χ0) is 62.6. The lowest BCUT2D eigenvalue weighted by Crippen LogP contribution is -2.45. The Morgan fingerprint density at radius 2 is 0.640 bits per heavy atom. The van der Waals surface area contributed by atoms with Crippen LogP contribution in [0.1, 0.15) is 399 Å². The number of quaternary nitrogens is 1. The van der Waals surface area contributed by atoms with Crippen molar-refractivity contribution in [3.8, 4) is 0 Å². The molecule has 0 aliphatic heterocycles. The summed E-state index contributed by atoms with van der Waals surface area (Å²) in [5.41, 5.74) is 0. The van der Waals surface area contributed by atoms with Crippen molar-refractivity contribution in [1.82, 2.24) is 5.32 Å². The van der Waals surface area contributed by atoms with Crippen molar-refractivity contribution >= 4 is 13.7 Å². The van der Waals surface area contributed by atoms with Gasteiger partial charge in [0.1, 0.15) is 13.2 Å². The number of amides is 1. The molecule has 0 heterocycles. The van der Waals surface area contributed by atoms with Gasteiger partial charge in [-0.05, 0) is 44.9 Å². The minimum absolute atomic E-state index is 0.0555. The van der Waals surface area contributed by atoms with Gasteiger partial charge in [0, 0.05) is 6.42 Å². The first-order chi connectivity index (χ1) is 42.0. The Bertz CT molecular complexity index is 1500. The highest BCUT2D eigenvalue weighted by molar-refractivity contribution is 7.47. The Hall–Kier alpha value is -1.28. The highest BCUT2D eigenvalue weighted by atomic mass is 31.2. The van der Waals surface area contributed by atoms with Crippen molar-refractivity contribution in [1.29, 1.82) is 0 Å². The fourth-order valence-corrected chi connectivity index (χ4v) is 12.6. The Morgan fingerprint density at radius 3 is 0.930 bits per heavy atom. The van der Waals surface area contributed by atoms with Crippen LogP contribution in [0.2, 0.25) is 0 Å². The Labute approximate surface area is 537 Å². The van der Waals surface area contributed by atoms with Crippen LogP contribution in [0, 0.1) is 0 Å². The number of rotatable bonds is 72. The maximum atomic E-state index is 13.1. The number of carbonyl (C=O) groups excluding carboxylic acids is 1. The number of allylic oxidation sites excluding steroid dienone is 5. The SMILES string of the molecule is CCCCCCCCCCCCCCCCCC/C=C/CC/C=C/CC/C=C/C(O)C(COP(=O)(O)OCC[N+](C)(C)C)NC(=O)CCCCCCCCCCCCCCCCCCCCCCCCCCCCCCCCCCCCCCCC. The van der Waals surface area contributed by atoms with E-state index in [9.17, 15) is 19.4 Å². The summed E-state index contributed by atoms with van der Waals surface area (Å²) in [6.07, 6.45) is 92.0. The number of nitrogens with zero attached hydrogens (tertiary/aromatic N) is 1. The molecule has 0 aromatic rings. The molecule has 0 aliphatic carbocycles. The summed E-state index contributed by atoms with van der Waals surface area (Å²) in [5, 5.41) is 14.0. The van der Waals surface area contributed by atoms with Gasteiger partial charge in [-0.25, -0.2) is 4.57 Å². The smallest absolute Gasteiger partial charge is 0.387 e. The molecule has 0 aromatic heterocycles. The number of hydrogen-bond donors (Lipinski definition) is 3. The lowest BCUT2D eigenvalue weighted by molar-refractivity contribution is -0.870. The minimum atomic E-state index is -4.37. The van der Waals surface area contributed by atoms with Crippen molar-refractivity contribution < 1.29 is 32.9 Å². The number of phosphoric ester groups is 1. The summed E-state index contributed by atoms with van der Waals surface area (Å²) in [6.45, 7) is 4.85. The van der Waals surface area contributed by atoms with Crippen LogP contribution in [-0.2, 0) is 18.4 Å². The molecular formula is C77H152N2O6P+. The predicted molar refractivity (Wildman–Crippen MR) is 378 cm³/mol. The molecule has 0 spiro atoms. The second-order valence-electron chi connectivity index (χ2n) is 27.7. The molecule has 0 aliphatic rings. The highest BCUT2D eigenvalue weighted by Crippen LogP contribution is 2.43. The van der Waals surface area contributed by atoms with Crippen LogP contribution in [0.15, 0.2) is 36.5 Å². The summed E-state index contributed by atoms with van der Waals surface area (Å²) < 4.78 is 23.8. The van der Waals surface area contributed by atoms with Gasteiger partial charge in [-0.15, -0.1) is 0 Å². The van der Waals surface area contributed by atoms with Gasteiger partial charge in [0.25, 0.3) is 0 Å². The van der Waals surface area contributed by atoms with Crippen molar-refractivity contribution in [3.05, 3.63) is 36.5 Å². The van der Waals surface area contributed by atoms with Crippen LogP contribution in [0.3, 0.4) is 0 Å². The third-order valence-electron chi connectivity index (χ3n) is 17.8. The number of aliphatic hydroxyl groups excluding tert-OH is 1. The first-order valence-corrected chi connectivity index (χ1v) is 39.9. The van der Waals surface area contributed by atoms with E-state index in [-0.39, 0.29) is 19.1 Å². The molecular weight excluding hydrogens is 1080 g/mol. The van der Waals surface area contributed by atoms with E-state index < -0.39 is 20.0 Å². The molecule has 86 heavy (non-hydrogen) atoms. The predicted octanol–water partition coefficient (Wildman–Crippen LogP) is 24.8.